The molecule has 0 aliphatic heterocycles. The van der Waals surface area contributed by atoms with Gasteiger partial charge in [0.15, 0.2) is 5.78 Å². The van der Waals surface area contributed by atoms with Crippen LogP contribution >= 0.6 is 0 Å². The number of phenols is 1. The topological polar surface area (TPSA) is 114 Å². The van der Waals surface area contributed by atoms with Crippen molar-refractivity contribution in [2.75, 3.05) is 0 Å². The Kier molecular flexibility index (Phi) is 6.48. The number of carbonyl (C=O) groups excluding carboxylic acids is 1. The first-order valence-corrected chi connectivity index (χ1v) is 11.4. The standard InChI is InChI=1S/C28H23N5O3/c1-18(34)23-12-13-25(26(27(23)35)24-7-2-3-14-29-24)36-17-20-10-8-19(9-11-20)15-21-5-4-6-22(16-21)28-30-32-33-31-28/h2-14,16,35H,15,17H2,1H3,(H,30,31,32,33). The smallest absolute Gasteiger partial charge is 0.204 e. The number of phenolic OH excluding ortho intramolecular Hbond substituents is 1. The zero-order valence-electron chi connectivity index (χ0n) is 19.5. The summed E-state index contributed by atoms with van der Waals surface area (Å²) in [6, 6.07) is 24.9. The second-order valence-electron chi connectivity index (χ2n) is 8.32. The van der Waals surface area contributed by atoms with Crippen molar-refractivity contribution in [2.45, 2.75) is 20.0 Å². The van der Waals surface area contributed by atoms with E-state index in [2.05, 4.69) is 49.9 Å². The van der Waals surface area contributed by atoms with Gasteiger partial charge in [-0.25, -0.2) is 0 Å². The lowest BCUT2D eigenvalue weighted by Crippen LogP contribution is -2.01. The molecule has 0 aliphatic rings. The monoisotopic (exact) mass is 477 g/mol. The number of nitrogens with zero attached hydrogens (tertiary/aromatic N) is 4. The summed E-state index contributed by atoms with van der Waals surface area (Å²) in [4.78, 5) is 16.3. The molecule has 2 aromatic heterocycles. The minimum Gasteiger partial charge on any atom is -0.506 e. The summed E-state index contributed by atoms with van der Waals surface area (Å²) in [5.41, 5.74) is 5.35. The van der Waals surface area contributed by atoms with Crippen molar-refractivity contribution in [2.24, 2.45) is 0 Å². The highest BCUT2D eigenvalue weighted by atomic mass is 16.5. The van der Waals surface area contributed by atoms with E-state index < -0.39 is 0 Å². The van der Waals surface area contributed by atoms with Gasteiger partial charge in [0.2, 0.25) is 5.82 Å². The number of carbonyl (C=O) groups is 1. The second kappa shape index (κ2) is 10.2. The highest BCUT2D eigenvalue weighted by Crippen LogP contribution is 2.39. The van der Waals surface area contributed by atoms with Crippen molar-refractivity contribution in [3.8, 4) is 34.1 Å². The Balaban J connectivity index is 1.31. The van der Waals surface area contributed by atoms with Gasteiger partial charge >= 0.3 is 0 Å². The van der Waals surface area contributed by atoms with Crippen LogP contribution in [0.25, 0.3) is 22.6 Å². The number of ketones is 1. The van der Waals surface area contributed by atoms with E-state index in [-0.39, 0.29) is 17.1 Å². The summed E-state index contributed by atoms with van der Waals surface area (Å²) in [6.07, 6.45) is 2.40. The van der Waals surface area contributed by atoms with Crippen molar-refractivity contribution < 1.29 is 14.6 Å². The van der Waals surface area contributed by atoms with Gasteiger partial charge in [0.1, 0.15) is 18.1 Å². The van der Waals surface area contributed by atoms with E-state index in [1.54, 1.807) is 30.5 Å². The van der Waals surface area contributed by atoms with Gasteiger partial charge < -0.3 is 9.84 Å². The molecule has 0 bridgehead atoms. The summed E-state index contributed by atoms with van der Waals surface area (Å²) in [5.74, 6) is 0.669. The lowest BCUT2D eigenvalue weighted by atomic mass is 10.0. The van der Waals surface area contributed by atoms with E-state index in [4.69, 9.17) is 4.74 Å². The van der Waals surface area contributed by atoms with E-state index >= 15 is 0 Å². The Labute approximate surface area is 207 Å². The van der Waals surface area contributed by atoms with Gasteiger partial charge in [-0.15, -0.1) is 10.2 Å². The molecule has 2 N–H and O–H groups in total. The van der Waals surface area contributed by atoms with Crippen LogP contribution in [-0.2, 0) is 13.0 Å². The maximum atomic E-state index is 12.0. The maximum Gasteiger partial charge on any atom is 0.204 e. The van der Waals surface area contributed by atoms with Gasteiger partial charge in [0, 0.05) is 11.8 Å². The lowest BCUT2D eigenvalue weighted by Gasteiger charge is -2.15. The molecule has 36 heavy (non-hydrogen) atoms. The molecule has 0 unspecified atom stereocenters. The molecule has 0 saturated carbocycles. The third-order valence-corrected chi connectivity index (χ3v) is 5.80. The van der Waals surface area contributed by atoms with Gasteiger partial charge in [-0.2, -0.15) is 5.21 Å². The summed E-state index contributed by atoms with van der Waals surface area (Å²) in [5, 5.41) is 25.0. The number of ether oxygens (including phenoxy) is 1. The molecule has 0 fully saturated rings. The third kappa shape index (κ3) is 4.97. The number of aromatic amines is 1. The number of Topliss-reactive ketones (excluding diaryl/α,β-unsaturated/α-hetero) is 1. The van der Waals surface area contributed by atoms with Crippen molar-refractivity contribution in [1.82, 2.24) is 25.6 Å². The highest BCUT2D eigenvalue weighted by Gasteiger charge is 2.19. The Morgan fingerprint density at radius 2 is 1.78 bits per heavy atom. The Hall–Kier alpha value is -4.85. The van der Waals surface area contributed by atoms with Crippen molar-refractivity contribution in [3.05, 3.63) is 107 Å². The number of aromatic nitrogens is 5. The summed E-state index contributed by atoms with van der Waals surface area (Å²) >= 11 is 0. The molecule has 5 rings (SSSR count). The second-order valence-corrected chi connectivity index (χ2v) is 8.32. The number of pyridine rings is 1. The van der Waals surface area contributed by atoms with Crippen molar-refractivity contribution >= 4 is 5.78 Å². The van der Waals surface area contributed by atoms with Crippen LogP contribution in [0.2, 0.25) is 0 Å². The number of aromatic hydroxyl groups is 1. The Bertz CT molecular complexity index is 1480. The minimum absolute atomic E-state index is 0.128. The van der Waals surface area contributed by atoms with Crippen LogP contribution in [0.15, 0.2) is 85.1 Å². The number of benzene rings is 3. The number of hydrogen-bond acceptors (Lipinski definition) is 7. The van der Waals surface area contributed by atoms with Gasteiger partial charge in [-0.1, -0.05) is 48.5 Å². The first-order valence-electron chi connectivity index (χ1n) is 11.4. The predicted octanol–water partition coefficient (Wildman–Crippen LogP) is 5.01. The van der Waals surface area contributed by atoms with E-state index in [0.717, 1.165) is 28.7 Å². The molecule has 0 amide bonds. The fraction of sp³-hybridized carbons (Fsp3) is 0.107. The average Bonchev–Trinajstić information content (AvgIpc) is 3.44. The van der Waals surface area contributed by atoms with Gasteiger partial charge in [-0.3, -0.25) is 9.78 Å². The van der Waals surface area contributed by atoms with Crippen LogP contribution < -0.4 is 4.74 Å². The maximum absolute atomic E-state index is 12.0. The summed E-state index contributed by atoms with van der Waals surface area (Å²) < 4.78 is 6.07. The van der Waals surface area contributed by atoms with Gasteiger partial charge in [0.05, 0.1) is 16.8 Å². The average molecular weight is 478 g/mol. The lowest BCUT2D eigenvalue weighted by molar-refractivity contribution is 0.101. The van der Waals surface area contributed by atoms with Crippen LogP contribution in [0.1, 0.15) is 34.0 Å². The molecule has 0 atom stereocenters. The Morgan fingerprint density at radius 3 is 2.50 bits per heavy atom. The molecule has 8 heteroatoms. The van der Waals surface area contributed by atoms with Crippen LogP contribution in [0.4, 0.5) is 0 Å². The van der Waals surface area contributed by atoms with E-state index in [1.807, 2.05) is 30.3 Å². The molecular weight excluding hydrogens is 454 g/mol. The molecule has 5 aromatic rings. The summed E-state index contributed by atoms with van der Waals surface area (Å²) in [7, 11) is 0. The van der Waals surface area contributed by atoms with Crippen molar-refractivity contribution in [3.63, 3.8) is 0 Å². The molecule has 0 spiro atoms. The van der Waals surface area contributed by atoms with Crippen LogP contribution in [0, 0.1) is 0 Å². The first kappa shape index (κ1) is 22.9. The number of nitrogens with one attached hydrogen (secondary N) is 1. The molecule has 2 heterocycles. The predicted molar refractivity (Wildman–Crippen MR) is 135 cm³/mol. The zero-order valence-corrected chi connectivity index (χ0v) is 19.5. The molecular formula is C28H23N5O3. The summed E-state index contributed by atoms with van der Waals surface area (Å²) in [6.45, 7) is 1.72. The van der Waals surface area contributed by atoms with Crippen LogP contribution in [0.5, 0.6) is 11.5 Å². The number of H-pyrrole nitrogens is 1. The molecule has 8 nitrogen and oxygen atoms in total. The Morgan fingerprint density at radius 1 is 0.944 bits per heavy atom. The van der Waals surface area contributed by atoms with Crippen LogP contribution in [-0.4, -0.2) is 36.5 Å². The molecule has 0 radical (unpaired) electrons. The largest absolute Gasteiger partial charge is 0.506 e. The quantitative estimate of drug-likeness (QED) is 0.302. The van der Waals surface area contributed by atoms with E-state index in [9.17, 15) is 9.90 Å². The van der Waals surface area contributed by atoms with E-state index in [0.29, 0.717) is 29.4 Å². The molecule has 178 valence electrons. The van der Waals surface area contributed by atoms with Gasteiger partial charge in [0.25, 0.3) is 0 Å². The number of tetrazole rings is 1. The third-order valence-electron chi connectivity index (χ3n) is 5.80. The highest BCUT2D eigenvalue weighted by molar-refractivity contribution is 5.99. The normalized spacial score (nSPS) is 10.8. The number of rotatable bonds is 8. The zero-order chi connectivity index (χ0) is 24.9. The molecule has 3 aromatic carbocycles. The molecule has 0 saturated heterocycles. The van der Waals surface area contributed by atoms with E-state index in [1.165, 1.54) is 6.92 Å². The van der Waals surface area contributed by atoms with Gasteiger partial charge in [-0.05, 0) is 65.6 Å². The fourth-order valence-corrected chi connectivity index (χ4v) is 3.99. The minimum atomic E-state index is -0.227. The number of hydrogen-bond donors (Lipinski definition) is 2. The van der Waals surface area contributed by atoms with Crippen LogP contribution in [0.3, 0.4) is 0 Å². The first-order chi connectivity index (χ1) is 17.6. The SMILES string of the molecule is CC(=O)c1ccc(OCc2ccc(Cc3cccc(-c4nn[nH]n4)c3)cc2)c(-c2ccccn2)c1O. The molecule has 0 aliphatic carbocycles. The fourth-order valence-electron chi connectivity index (χ4n) is 3.99. The van der Waals surface area contributed by atoms with Crippen molar-refractivity contribution in [1.29, 1.82) is 0 Å².